The number of piperidine rings is 1. The highest BCUT2D eigenvalue weighted by Gasteiger charge is 2.17. The zero-order valence-electron chi connectivity index (χ0n) is 18.6. The molecule has 1 amide bonds. The Morgan fingerprint density at radius 1 is 1.09 bits per heavy atom. The summed E-state index contributed by atoms with van der Waals surface area (Å²) < 4.78 is 10.7. The van der Waals surface area contributed by atoms with Crippen molar-refractivity contribution in [1.82, 2.24) is 14.9 Å². The highest BCUT2D eigenvalue weighted by molar-refractivity contribution is 7.14. The second kappa shape index (κ2) is 10.4. The number of carbonyl (C=O) groups is 1. The van der Waals surface area contributed by atoms with E-state index in [0.717, 1.165) is 47.5 Å². The van der Waals surface area contributed by atoms with Crippen LogP contribution in [0.2, 0.25) is 0 Å². The predicted octanol–water partition coefficient (Wildman–Crippen LogP) is 4.70. The number of hydrogen-bond acceptors (Lipinski definition) is 8. The summed E-state index contributed by atoms with van der Waals surface area (Å²) >= 11 is 2.98. The largest absolute Gasteiger partial charge is 0.493 e. The monoisotopic (exact) mass is 472 g/mol. The van der Waals surface area contributed by atoms with Crippen LogP contribution < -0.4 is 14.8 Å². The Bertz CT molecular complexity index is 1060. The Morgan fingerprint density at radius 2 is 1.84 bits per heavy atom. The number of benzene rings is 1. The van der Waals surface area contributed by atoms with E-state index in [1.807, 2.05) is 29.0 Å². The van der Waals surface area contributed by atoms with E-state index in [4.69, 9.17) is 9.47 Å². The van der Waals surface area contributed by atoms with Gasteiger partial charge in [0.25, 0.3) is 0 Å². The number of methoxy groups -OCH3 is 2. The van der Waals surface area contributed by atoms with Crippen molar-refractivity contribution in [2.45, 2.75) is 32.7 Å². The van der Waals surface area contributed by atoms with Gasteiger partial charge in [0.1, 0.15) is 5.01 Å². The minimum absolute atomic E-state index is 0.109. The number of hydrogen-bond donors (Lipinski definition) is 1. The van der Waals surface area contributed by atoms with E-state index < -0.39 is 0 Å². The predicted molar refractivity (Wildman–Crippen MR) is 129 cm³/mol. The van der Waals surface area contributed by atoms with E-state index >= 15 is 0 Å². The van der Waals surface area contributed by atoms with Crippen molar-refractivity contribution in [2.75, 3.05) is 32.6 Å². The minimum atomic E-state index is -0.109. The van der Waals surface area contributed by atoms with Crippen molar-refractivity contribution in [3.05, 3.63) is 40.3 Å². The first-order valence-corrected chi connectivity index (χ1v) is 12.4. The van der Waals surface area contributed by atoms with Gasteiger partial charge in [0.05, 0.1) is 32.0 Å². The second-order valence-corrected chi connectivity index (χ2v) is 9.76. The Kier molecular flexibility index (Phi) is 7.39. The van der Waals surface area contributed by atoms with Crippen molar-refractivity contribution in [2.24, 2.45) is 5.92 Å². The first kappa shape index (κ1) is 22.7. The van der Waals surface area contributed by atoms with Crippen LogP contribution in [0, 0.1) is 5.92 Å². The summed E-state index contributed by atoms with van der Waals surface area (Å²) in [6, 6.07) is 5.68. The zero-order chi connectivity index (χ0) is 22.5. The van der Waals surface area contributed by atoms with Crippen molar-refractivity contribution in [3.63, 3.8) is 0 Å². The van der Waals surface area contributed by atoms with Crippen LogP contribution in [0.25, 0.3) is 10.6 Å². The summed E-state index contributed by atoms with van der Waals surface area (Å²) in [5.41, 5.74) is 2.68. The fourth-order valence-corrected chi connectivity index (χ4v) is 5.24. The molecule has 0 saturated carbocycles. The quantitative estimate of drug-likeness (QED) is 0.512. The molecule has 1 saturated heterocycles. The number of rotatable bonds is 8. The third-order valence-electron chi connectivity index (χ3n) is 5.58. The van der Waals surface area contributed by atoms with E-state index in [9.17, 15) is 4.79 Å². The van der Waals surface area contributed by atoms with Crippen LogP contribution in [0.5, 0.6) is 11.5 Å². The first-order valence-electron chi connectivity index (χ1n) is 10.7. The number of carbonyl (C=O) groups excluding carboxylic acids is 1. The lowest BCUT2D eigenvalue weighted by atomic mass is 9.99. The molecule has 3 heterocycles. The Morgan fingerprint density at radius 3 is 2.59 bits per heavy atom. The van der Waals surface area contributed by atoms with Gasteiger partial charge in [0.15, 0.2) is 16.6 Å². The average molecular weight is 473 g/mol. The molecule has 1 aromatic carbocycles. The number of nitrogens with zero attached hydrogens (tertiary/aromatic N) is 3. The molecule has 0 unspecified atom stereocenters. The van der Waals surface area contributed by atoms with Crippen molar-refractivity contribution >= 4 is 33.7 Å². The van der Waals surface area contributed by atoms with Gasteiger partial charge in [-0.25, -0.2) is 9.97 Å². The highest BCUT2D eigenvalue weighted by Crippen LogP contribution is 2.33. The molecule has 1 aliphatic rings. The number of amides is 1. The average Bonchev–Trinajstić information content (AvgIpc) is 3.44. The maximum atomic E-state index is 12.5. The first-order chi connectivity index (χ1) is 15.5. The van der Waals surface area contributed by atoms with Crippen LogP contribution in [-0.4, -0.2) is 48.1 Å². The third-order valence-corrected chi connectivity index (χ3v) is 7.33. The molecule has 0 atom stereocenters. The summed E-state index contributed by atoms with van der Waals surface area (Å²) in [6.07, 6.45) is 2.70. The standard InChI is InChI=1S/C23H28N4O3S2/c1-15-6-8-27(9-7-15)12-18-14-32-23(25-18)26-21(28)11-17-13-31-22(24-17)16-4-5-19(29-2)20(10-16)30-3/h4-5,10,13-15H,6-9,11-12H2,1-3H3,(H,25,26,28). The number of aromatic nitrogens is 2. The van der Waals surface area contributed by atoms with Gasteiger partial charge in [-0.1, -0.05) is 6.92 Å². The smallest absolute Gasteiger partial charge is 0.232 e. The van der Waals surface area contributed by atoms with Gasteiger partial charge in [-0.05, 0) is 50.0 Å². The molecule has 0 spiro atoms. The van der Waals surface area contributed by atoms with Crippen LogP contribution in [-0.2, 0) is 17.8 Å². The molecule has 2 aromatic heterocycles. The van der Waals surface area contributed by atoms with Gasteiger partial charge in [-0.2, -0.15) is 0 Å². The molecule has 4 rings (SSSR count). The number of likely N-dealkylation sites (tertiary alicyclic amines) is 1. The molecule has 32 heavy (non-hydrogen) atoms. The molecule has 9 heteroatoms. The zero-order valence-corrected chi connectivity index (χ0v) is 20.2. The van der Waals surface area contributed by atoms with Gasteiger partial charge < -0.3 is 14.8 Å². The van der Waals surface area contributed by atoms with E-state index in [-0.39, 0.29) is 12.3 Å². The fraction of sp³-hybridized carbons (Fsp3) is 0.435. The number of thiazole rings is 2. The molecule has 170 valence electrons. The van der Waals surface area contributed by atoms with Crippen molar-refractivity contribution < 1.29 is 14.3 Å². The molecular formula is C23H28N4O3S2. The van der Waals surface area contributed by atoms with Crippen LogP contribution in [0.3, 0.4) is 0 Å². The molecule has 0 bridgehead atoms. The fourth-order valence-electron chi connectivity index (χ4n) is 3.70. The van der Waals surface area contributed by atoms with E-state index in [0.29, 0.717) is 16.6 Å². The van der Waals surface area contributed by atoms with Gasteiger partial charge in [0, 0.05) is 22.9 Å². The summed E-state index contributed by atoms with van der Waals surface area (Å²) in [4.78, 5) is 24.2. The van der Waals surface area contributed by atoms with Crippen molar-refractivity contribution in [1.29, 1.82) is 0 Å². The summed E-state index contributed by atoms with van der Waals surface area (Å²) in [7, 11) is 3.22. The molecule has 3 aromatic rings. The molecule has 7 nitrogen and oxygen atoms in total. The van der Waals surface area contributed by atoms with E-state index in [2.05, 4.69) is 27.1 Å². The summed E-state index contributed by atoms with van der Waals surface area (Å²) in [5.74, 6) is 2.03. The Balaban J connectivity index is 1.32. The molecule has 0 aliphatic carbocycles. The van der Waals surface area contributed by atoms with E-state index in [1.54, 1.807) is 14.2 Å². The molecule has 1 fully saturated rings. The summed E-state index contributed by atoms with van der Waals surface area (Å²) in [6.45, 7) is 5.39. The van der Waals surface area contributed by atoms with Crippen LogP contribution in [0.15, 0.2) is 29.0 Å². The molecular weight excluding hydrogens is 444 g/mol. The van der Waals surface area contributed by atoms with Gasteiger partial charge >= 0.3 is 0 Å². The van der Waals surface area contributed by atoms with Gasteiger partial charge in [-0.15, -0.1) is 22.7 Å². The lowest BCUT2D eigenvalue weighted by Gasteiger charge is -2.29. The molecule has 0 radical (unpaired) electrons. The van der Waals surface area contributed by atoms with Gasteiger partial charge in [0.2, 0.25) is 5.91 Å². The lowest BCUT2D eigenvalue weighted by molar-refractivity contribution is -0.115. The maximum Gasteiger partial charge on any atom is 0.232 e. The number of ether oxygens (including phenoxy) is 2. The van der Waals surface area contributed by atoms with Crippen LogP contribution in [0.1, 0.15) is 31.2 Å². The second-order valence-electron chi connectivity index (χ2n) is 8.04. The Hall–Kier alpha value is -2.49. The third kappa shape index (κ3) is 5.65. The highest BCUT2D eigenvalue weighted by atomic mass is 32.1. The molecule has 1 aliphatic heterocycles. The van der Waals surface area contributed by atoms with Gasteiger partial charge in [-0.3, -0.25) is 9.69 Å². The maximum absolute atomic E-state index is 12.5. The molecule has 1 N–H and O–H groups in total. The number of nitrogens with one attached hydrogen (secondary N) is 1. The van der Waals surface area contributed by atoms with Crippen molar-refractivity contribution in [3.8, 4) is 22.1 Å². The topological polar surface area (TPSA) is 76.6 Å². The van der Waals surface area contributed by atoms with Crippen LogP contribution in [0.4, 0.5) is 5.13 Å². The minimum Gasteiger partial charge on any atom is -0.493 e. The number of anilines is 1. The lowest BCUT2D eigenvalue weighted by Crippen LogP contribution is -2.32. The summed E-state index contributed by atoms with van der Waals surface area (Å²) in [5, 5.41) is 8.34. The Labute approximate surface area is 196 Å². The van der Waals surface area contributed by atoms with E-state index in [1.165, 1.54) is 35.5 Å². The van der Waals surface area contributed by atoms with Crippen LogP contribution >= 0.6 is 22.7 Å². The SMILES string of the molecule is COc1ccc(-c2nc(CC(=O)Nc3nc(CN4CCC(C)CC4)cs3)cs2)cc1OC. The normalized spacial score (nSPS) is 15.0.